The van der Waals surface area contributed by atoms with Crippen LogP contribution in [-0.2, 0) is 11.3 Å². The molecule has 1 amide bonds. The molecule has 126 valence electrons. The van der Waals surface area contributed by atoms with E-state index >= 15 is 0 Å². The average molecular weight is 327 g/mol. The molecule has 0 atom stereocenters. The minimum Gasteiger partial charge on any atom is -0.338 e. The SMILES string of the molecule is CCN(CC)CC(=O)N(CC)Cc1c(C)cc(C)cc1C.Cl. The van der Waals surface area contributed by atoms with Crippen molar-refractivity contribution in [1.29, 1.82) is 0 Å². The Morgan fingerprint density at radius 2 is 1.45 bits per heavy atom. The first-order valence-corrected chi connectivity index (χ1v) is 7.99. The van der Waals surface area contributed by atoms with Gasteiger partial charge < -0.3 is 4.90 Å². The Kier molecular flexibility index (Phi) is 9.38. The van der Waals surface area contributed by atoms with Gasteiger partial charge in [0.05, 0.1) is 6.54 Å². The van der Waals surface area contributed by atoms with Gasteiger partial charge in [-0.2, -0.15) is 0 Å². The molecule has 0 aliphatic heterocycles. The molecule has 0 heterocycles. The van der Waals surface area contributed by atoms with Crippen LogP contribution in [0.15, 0.2) is 12.1 Å². The summed E-state index contributed by atoms with van der Waals surface area (Å²) in [6.07, 6.45) is 0. The number of carbonyl (C=O) groups is 1. The zero-order valence-electron chi connectivity index (χ0n) is 14.9. The summed E-state index contributed by atoms with van der Waals surface area (Å²) in [7, 11) is 0. The van der Waals surface area contributed by atoms with E-state index in [0.29, 0.717) is 13.1 Å². The second-order valence-corrected chi connectivity index (χ2v) is 5.75. The molecule has 0 radical (unpaired) electrons. The van der Waals surface area contributed by atoms with E-state index in [2.05, 4.69) is 58.6 Å². The van der Waals surface area contributed by atoms with Crippen LogP contribution in [0.25, 0.3) is 0 Å². The monoisotopic (exact) mass is 326 g/mol. The predicted molar refractivity (Wildman–Crippen MR) is 96.8 cm³/mol. The summed E-state index contributed by atoms with van der Waals surface area (Å²) in [4.78, 5) is 16.6. The lowest BCUT2D eigenvalue weighted by atomic mass is 9.99. The van der Waals surface area contributed by atoms with Crippen molar-refractivity contribution >= 4 is 18.3 Å². The lowest BCUT2D eigenvalue weighted by molar-refractivity contribution is -0.132. The molecule has 0 aliphatic carbocycles. The number of rotatable bonds is 7. The van der Waals surface area contributed by atoms with Crippen LogP contribution in [0.2, 0.25) is 0 Å². The number of amides is 1. The fourth-order valence-electron chi connectivity index (χ4n) is 2.77. The van der Waals surface area contributed by atoms with Crippen molar-refractivity contribution in [2.75, 3.05) is 26.2 Å². The molecule has 22 heavy (non-hydrogen) atoms. The highest BCUT2D eigenvalue weighted by Crippen LogP contribution is 2.18. The number of carbonyl (C=O) groups excluding carboxylic acids is 1. The van der Waals surface area contributed by atoms with Gasteiger partial charge in [0, 0.05) is 13.1 Å². The van der Waals surface area contributed by atoms with E-state index < -0.39 is 0 Å². The first kappa shape index (κ1) is 20.9. The first-order chi connectivity index (χ1) is 9.92. The second-order valence-electron chi connectivity index (χ2n) is 5.75. The zero-order valence-corrected chi connectivity index (χ0v) is 15.7. The smallest absolute Gasteiger partial charge is 0.237 e. The molecule has 0 aromatic heterocycles. The highest BCUT2D eigenvalue weighted by molar-refractivity contribution is 5.85. The molecule has 3 nitrogen and oxygen atoms in total. The number of halogens is 1. The summed E-state index contributed by atoms with van der Waals surface area (Å²) in [6, 6.07) is 4.40. The Labute approximate surface area is 142 Å². The van der Waals surface area contributed by atoms with E-state index in [1.165, 1.54) is 22.3 Å². The van der Waals surface area contributed by atoms with Gasteiger partial charge in [-0.25, -0.2) is 0 Å². The van der Waals surface area contributed by atoms with Crippen LogP contribution in [0.1, 0.15) is 43.0 Å². The topological polar surface area (TPSA) is 23.6 Å². The average Bonchev–Trinajstić information content (AvgIpc) is 2.43. The highest BCUT2D eigenvalue weighted by Gasteiger charge is 2.16. The van der Waals surface area contributed by atoms with Gasteiger partial charge in [0.1, 0.15) is 0 Å². The summed E-state index contributed by atoms with van der Waals surface area (Å²) in [5.41, 5.74) is 5.13. The maximum atomic E-state index is 12.5. The zero-order chi connectivity index (χ0) is 16.0. The number of aryl methyl sites for hydroxylation is 3. The summed E-state index contributed by atoms with van der Waals surface area (Å²) in [5.74, 6) is 0.223. The summed E-state index contributed by atoms with van der Waals surface area (Å²) in [5, 5.41) is 0. The van der Waals surface area contributed by atoms with Crippen molar-refractivity contribution in [3.63, 3.8) is 0 Å². The van der Waals surface area contributed by atoms with E-state index in [1.54, 1.807) is 0 Å². The fraction of sp³-hybridized carbons (Fsp3) is 0.611. The van der Waals surface area contributed by atoms with Crippen molar-refractivity contribution in [2.24, 2.45) is 0 Å². The van der Waals surface area contributed by atoms with Gasteiger partial charge in [-0.3, -0.25) is 9.69 Å². The molecule has 1 rings (SSSR count). The lowest BCUT2D eigenvalue weighted by Gasteiger charge is -2.26. The molecule has 0 fully saturated rings. The summed E-state index contributed by atoms with van der Waals surface area (Å²) < 4.78 is 0. The number of likely N-dealkylation sites (N-methyl/N-ethyl adjacent to an activating group) is 2. The van der Waals surface area contributed by atoms with Gasteiger partial charge in [-0.1, -0.05) is 31.5 Å². The summed E-state index contributed by atoms with van der Waals surface area (Å²) >= 11 is 0. The van der Waals surface area contributed by atoms with Gasteiger partial charge in [0.25, 0.3) is 0 Å². The Morgan fingerprint density at radius 1 is 0.955 bits per heavy atom. The molecule has 0 saturated carbocycles. The molecule has 1 aromatic rings. The molecule has 0 N–H and O–H groups in total. The molecule has 0 saturated heterocycles. The molecule has 0 aliphatic rings. The van der Waals surface area contributed by atoms with Crippen molar-refractivity contribution in [3.05, 3.63) is 34.4 Å². The third-order valence-electron chi connectivity index (χ3n) is 4.18. The van der Waals surface area contributed by atoms with Crippen LogP contribution in [0, 0.1) is 20.8 Å². The van der Waals surface area contributed by atoms with Gasteiger partial charge >= 0.3 is 0 Å². The van der Waals surface area contributed by atoms with Crippen LogP contribution in [0.5, 0.6) is 0 Å². The Morgan fingerprint density at radius 3 is 1.86 bits per heavy atom. The van der Waals surface area contributed by atoms with Gasteiger partial charge in [-0.05, 0) is 57.5 Å². The number of hydrogen-bond acceptors (Lipinski definition) is 2. The van der Waals surface area contributed by atoms with Crippen molar-refractivity contribution < 1.29 is 4.79 Å². The van der Waals surface area contributed by atoms with Crippen LogP contribution in [-0.4, -0.2) is 41.9 Å². The maximum absolute atomic E-state index is 12.5. The molecule has 0 unspecified atom stereocenters. The molecule has 0 bridgehead atoms. The minimum absolute atomic E-state index is 0. The van der Waals surface area contributed by atoms with Crippen LogP contribution in [0.4, 0.5) is 0 Å². The van der Waals surface area contributed by atoms with Gasteiger partial charge in [0.15, 0.2) is 0 Å². The standard InChI is InChI=1S/C18H30N2O.ClH/c1-7-19(8-2)13-18(21)20(9-3)12-17-15(5)10-14(4)11-16(17)6;/h10-11H,7-9,12-13H2,1-6H3;1H. The third-order valence-corrected chi connectivity index (χ3v) is 4.18. The van der Waals surface area contributed by atoms with E-state index in [4.69, 9.17) is 0 Å². The Balaban J connectivity index is 0.00000441. The molecular weight excluding hydrogens is 296 g/mol. The largest absolute Gasteiger partial charge is 0.338 e. The Bertz CT molecular complexity index is 461. The third kappa shape index (κ3) is 5.62. The van der Waals surface area contributed by atoms with Crippen molar-refractivity contribution in [2.45, 2.75) is 48.1 Å². The number of nitrogens with zero attached hydrogens (tertiary/aromatic N) is 2. The fourth-order valence-corrected chi connectivity index (χ4v) is 2.77. The first-order valence-electron chi connectivity index (χ1n) is 7.99. The van der Waals surface area contributed by atoms with E-state index in [1.807, 2.05) is 4.90 Å². The van der Waals surface area contributed by atoms with Crippen molar-refractivity contribution in [1.82, 2.24) is 9.80 Å². The summed E-state index contributed by atoms with van der Waals surface area (Å²) in [6.45, 7) is 16.5. The van der Waals surface area contributed by atoms with Crippen LogP contribution >= 0.6 is 12.4 Å². The van der Waals surface area contributed by atoms with Gasteiger partial charge in [0.2, 0.25) is 5.91 Å². The second kappa shape index (κ2) is 9.86. The van der Waals surface area contributed by atoms with E-state index in [0.717, 1.165) is 19.6 Å². The molecular formula is C18H31ClN2O. The van der Waals surface area contributed by atoms with Gasteiger partial charge in [-0.15, -0.1) is 12.4 Å². The molecule has 0 spiro atoms. The predicted octanol–water partition coefficient (Wildman–Crippen LogP) is 3.72. The Hall–Kier alpha value is -1.06. The lowest BCUT2D eigenvalue weighted by Crippen LogP contribution is -2.40. The maximum Gasteiger partial charge on any atom is 0.237 e. The van der Waals surface area contributed by atoms with E-state index in [-0.39, 0.29) is 18.3 Å². The quantitative estimate of drug-likeness (QED) is 0.762. The van der Waals surface area contributed by atoms with Crippen LogP contribution < -0.4 is 0 Å². The van der Waals surface area contributed by atoms with Crippen molar-refractivity contribution in [3.8, 4) is 0 Å². The molecule has 4 heteroatoms. The highest BCUT2D eigenvalue weighted by atomic mass is 35.5. The number of hydrogen-bond donors (Lipinski definition) is 0. The molecule has 1 aromatic carbocycles. The van der Waals surface area contributed by atoms with Crippen LogP contribution in [0.3, 0.4) is 0 Å². The normalized spacial score (nSPS) is 10.5. The van der Waals surface area contributed by atoms with E-state index in [9.17, 15) is 4.79 Å². The minimum atomic E-state index is 0. The number of benzene rings is 1.